The predicted molar refractivity (Wildman–Crippen MR) is 76.4 cm³/mol. The van der Waals surface area contributed by atoms with Gasteiger partial charge < -0.3 is 0 Å². The van der Waals surface area contributed by atoms with E-state index < -0.39 is 0 Å². The number of ketones is 1. The second-order valence-electron chi connectivity index (χ2n) is 5.12. The summed E-state index contributed by atoms with van der Waals surface area (Å²) in [6, 6.07) is 5.46. The van der Waals surface area contributed by atoms with Gasteiger partial charge in [0.25, 0.3) is 0 Å². The average Bonchev–Trinajstić information content (AvgIpc) is 2.86. The molecular formula is C15H18Cl2O. The van der Waals surface area contributed by atoms with Crippen LogP contribution in [0, 0.1) is 5.92 Å². The van der Waals surface area contributed by atoms with Crippen LogP contribution in [0.4, 0.5) is 0 Å². The molecule has 0 radical (unpaired) electrons. The van der Waals surface area contributed by atoms with Crippen molar-refractivity contribution in [2.75, 3.05) is 0 Å². The molecule has 0 bridgehead atoms. The van der Waals surface area contributed by atoms with Crippen LogP contribution < -0.4 is 0 Å². The number of benzene rings is 1. The Labute approximate surface area is 118 Å². The van der Waals surface area contributed by atoms with Crippen molar-refractivity contribution in [2.45, 2.75) is 44.9 Å². The normalized spacial score (nSPS) is 16.1. The summed E-state index contributed by atoms with van der Waals surface area (Å²) in [6.45, 7) is 0. The van der Waals surface area contributed by atoms with Crippen LogP contribution in [0.2, 0.25) is 10.0 Å². The molecule has 2 rings (SSSR count). The van der Waals surface area contributed by atoms with Crippen molar-refractivity contribution >= 4 is 29.0 Å². The fourth-order valence-electron chi connectivity index (χ4n) is 2.65. The molecule has 3 heteroatoms. The summed E-state index contributed by atoms with van der Waals surface area (Å²) < 4.78 is 0. The first kappa shape index (κ1) is 13.9. The summed E-state index contributed by atoms with van der Waals surface area (Å²) in [5, 5.41) is 1.05. The molecule has 98 valence electrons. The molecule has 1 aliphatic carbocycles. The highest BCUT2D eigenvalue weighted by Crippen LogP contribution is 2.29. The van der Waals surface area contributed by atoms with Crippen molar-refractivity contribution in [3.63, 3.8) is 0 Å². The van der Waals surface area contributed by atoms with E-state index in [0.29, 0.717) is 22.9 Å². The number of hydrogen-bond donors (Lipinski definition) is 0. The molecule has 1 fully saturated rings. The van der Waals surface area contributed by atoms with Crippen LogP contribution in [0.3, 0.4) is 0 Å². The third kappa shape index (κ3) is 3.73. The number of hydrogen-bond acceptors (Lipinski definition) is 1. The van der Waals surface area contributed by atoms with Crippen LogP contribution >= 0.6 is 23.2 Å². The summed E-state index contributed by atoms with van der Waals surface area (Å²) in [6.07, 6.45) is 7.38. The van der Waals surface area contributed by atoms with E-state index in [1.165, 1.54) is 25.7 Å². The molecule has 0 amide bonds. The lowest BCUT2D eigenvalue weighted by molar-refractivity contribution is -0.118. The maximum atomic E-state index is 11.9. The van der Waals surface area contributed by atoms with E-state index in [1.807, 2.05) is 12.1 Å². The van der Waals surface area contributed by atoms with Gasteiger partial charge in [-0.2, -0.15) is 0 Å². The minimum atomic E-state index is 0.270. The van der Waals surface area contributed by atoms with Crippen molar-refractivity contribution in [2.24, 2.45) is 5.92 Å². The molecule has 1 nitrogen and oxygen atoms in total. The second kappa shape index (κ2) is 6.58. The van der Waals surface area contributed by atoms with Gasteiger partial charge in [0.05, 0.1) is 10.0 Å². The maximum Gasteiger partial charge on any atom is 0.137 e. The number of carbonyl (C=O) groups excluding carboxylic acids is 1. The molecule has 0 spiro atoms. The topological polar surface area (TPSA) is 17.1 Å². The van der Waals surface area contributed by atoms with Crippen molar-refractivity contribution in [3.05, 3.63) is 33.8 Å². The first-order chi connectivity index (χ1) is 8.66. The number of carbonyl (C=O) groups is 1. The Morgan fingerprint density at radius 2 is 1.94 bits per heavy atom. The Balaban J connectivity index is 1.84. The summed E-state index contributed by atoms with van der Waals surface area (Å²) in [5.41, 5.74) is 0.848. The fourth-order valence-corrected chi connectivity index (χ4v) is 3.04. The van der Waals surface area contributed by atoms with Crippen LogP contribution in [0.25, 0.3) is 0 Å². The molecule has 0 atom stereocenters. The molecule has 1 saturated carbocycles. The van der Waals surface area contributed by atoms with Gasteiger partial charge in [0, 0.05) is 12.8 Å². The van der Waals surface area contributed by atoms with E-state index in [0.717, 1.165) is 17.9 Å². The molecule has 1 aliphatic rings. The van der Waals surface area contributed by atoms with E-state index in [2.05, 4.69) is 0 Å². The third-order valence-corrected chi connectivity index (χ3v) is 4.58. The molecule has 0 aliphatic heterocycles. The monoisotopic (exact) mass is 284 g/mol. The lowest BCUT2D eigenvalue weighted by atomic mass is 9.97. The Kier molecular flexibility index (Phi) is 5.08. The Bertz CT molecular complexity index is 423. The van der Waals surface area contributed by atoms with E-state index in [-0.39, 0.29) is 5.78 Å². The minimum absolute atomic E-state index is 0.270. The zero-order valence-electron chi connectivity index (χ0n) is 10.4. The lowest BCUT2D eigenvalue weighted by Crippen LogP contribution is -2.06. The molecule has 1 aromatic rings. The zero-order chi connectivity index (χ0) is 13.0. The number of Topliss-reactive ketones (excluding diaryl/α,β-unsaturated/α-hetero) is 1. The molecule has 0 saturated heterocycles. The predicted octanol–water partition coefficient (Wildman–Crippen LogP) is 5.08. The number of halogens is 2. The van der Waals surface area contributed by atoms with E-state index >= 15 is 0 Å². The zero-order valence-corrected chi connectivity index (χ0v) is 11.9. The molecule has 1 aromatic carbocycles. The summed E-state index contributed by atoms with van der Waals surface area (Å²) in [7, 11) is 0. The first-order valence-corrected chi connectivity index (χ1v) is 7.37. The summed E-state index contributed by atoms with van der Waals surface area (Å²) in [4.78, 5) is 11.9. The molecule has 18 heavy (non-hydrogen) atoms. The smallest absolute Gasteiger partial charge is 0.137 e. The summed E-state index contributed by atoms with van der Waals surface area (Å²) >= 11 is 12.0. The Morgan fingerprint density at radius 3 is 2.67 bits per heavy atom. The van der Waals surface area contributed by atoms with Gasteiger partial charge in [-0.25, -0.2) is 0 Å². The van der Waals surface area contributed by atoms with Crippen molar-refractivity contribution in [1.29, 1.82) is 0 Å². The SMILES string of the molecule is O=C(CCC1CCCC1)Cc1cccc(Cl)c1Cl. The van der Waals surface area contributed by atoms with Gasteiger partial charge >= 0.3 is 0 Å². The minimum Gasteiger partial charge on any atom is -0.299 e. The van der Waals surface area contributed by atoms with Crippen LogP contribution in [0.15, 0.2) is 18.2 Å². The molecule has 0 unspecified atom stereocenters. The second-order valence-corrected chi connectivity index (χ2v) is 5.90. The highest BCUT2D eigenvalue weighted by molar-refractivity contribution is 6.42. The van der Waals surface area contributed by atoms with Crippen LogP contribution in [-0.2, 0) is 11.2 Å². The Morgan fingerprint density at radius 1 is 1.22 bits per heavy atom. The van der Waals surface area contributed by atoms with Crippen molar-refractivity contribution in [1.82, 2.24) is 0 Å². The largest absolute Gasteiger partial charge is 0.299 e. The van der Waals surface area contributed by atoms with Crippen LogP contribution in [0.5, 0.6) is 0 Å². The van der Waals surface area contributed by atoms with E-state index in [9.17, 15) is 4.79 Å². The van der Waals surface area contributed by atoms with E-state index in [4.69, 9.17) is 23.2 Å². The van der Waals surface area contributed by atoms with Crippen LogP contribution in [-0.4, -0.2) is 5.78 Å². The average molecular weight is 285 g/mol. The number of rotatable bonds is 5. The molecule has 0 aromatic heterocycles. The Hall–Kier alpha value is -0.530. The maximum absolute atomic E-state index is 11.9. The standard InChI is InChI=1S/C15H18Cl2O/c16-14-7-3-6-12(15(14)17)10-13(18)9-8-11-4-1-2-5-11/h3,6-7,11H,1-2,4-5,8-10H2. The fraction of sp³-hybridized carbons (Fsp3) is 0.533. The van der Waals surface area contributed by atoms with E-state index in [1.54, 1.807) is 6.07 Å². The highest BCUT2D eigenvalue weighted by Gasteiger charge is 2.16. The van der Waals surface area contributed by atoms with Gasteiger partial charge in [-0.1, -0.05) is 61.0 Å². The van der Waals surface area contributed by atoms with Crippen molar-refractivity contribution < 1.29 is 4.79 Å². The van der Waals surface area contributed by atoms with Gasteiger partial charge in [0.15, 0.2) is 0 Å². The van der Waals surface area contributed by atoms with Gasteiger partial charge in [-0.05, 0) is 24.0 Å². The quantitative estimate of drug-likeness (QED) is 0.737. The highest BCUT2D eigenvalue weighted by atomic mass is 35.5. The molecular weight excluding hydrogens is 267 g/mol. The van der Waals surface area contributed by atoms with Gasteiger partial charge in [0.1, 0.15) is 5.78 Å². The molecule has 0 N–H and O–H groups in total. The van der Waals surface area contributed by atoms with Gasteiger partial charge in [0.2, 0.25) is 0 Å². The van der Waals surface area contributed by atoms with Gasteiger partial charge in [-0.15, -0.1) is 0 Å². The van der Waals surface area contributed by atoms with Crippen molar-refractivity contribution in [3.8, 4) is 0 Å². The lowest BCUT2D eigenvalue weighted by Gasteiger charge is -2.08. The third-order valence-electron chi connectivity index (χ3n) is 3.73. The van der Waals surface area contributed by atoms with Crippen LogP contribution in [0.1, 0.15) is 44.1 Å². The summed E-state index contributed by atoms with van der Waals surface area (Å²) in [5.74, 6) is 1.04. The first-order valence-electron chi connectivity index (χ1n) is 6.61. The van der Waals surface area contributed by atoms with Gasteiger partial charge in [-0.3, -0.25) is 4.79 Å². The molecule has 0 heterocycles.